The topological polar surface area (TPSA) is 131 Å². The van der Waals surface area contributed by atoms with Crippen molar-refractivity contribution in [3.05, 3.63) is 82.9 Å². The smallest absolute Gasteiger partial charge is 0.262 e. The molecule has 10 nitrogen and oxygen atoms in total. The third kappa shape index (κ3) is 6.64. The molecule has 1 heterocycles. The Morgan fingerprint density at radius 3 is 2.64 bits per heavy atom. The fourth-order valence-electron chi connectivity index (χ4n) is 3.83. The van der Waals surface area contributed by atoms with Crippen LogP contribution in [0.15, 0.2) is 65.8 Å². The largest absolute Gasteiger partial charge is 0.493 e. The fourth-order valence-corrected chi connectivity index (χ4v) is 3.83. The lowest BCUT2D eigenvalue weighted by Gasteiger charge is -2.20. The van der Waals surface area contributed by atoms with Crippen LogP contribution < -0.4 is 29.7 Å². The third-order valence-corrected chi connectivity index (χ3v) is 5.97. The minimum absolute atomic E-state index is 0.105. The second kappa shape index (κ2) is 12.5. The zero-order valence-corrected chi connectivity index (χ0v) is 21.8. The van der Waals surface area contributed by atoms with Crippen LogP contribution in [0.2, 0.25) is 0 Å². The Bertz CT molecular complexity index is 1430. The van der Waals surface area contributed by atoms with Gasteiger partial charge in [-0.1, -0.05) is 32.0 Å². The third-order valence-electron chi connectivity index (χ3n) is 5.97. The molecular formula is C29H28N4O6. The highest BCUT2D eigenvalue weighted by molar-refractivity contribution is 5.98. The highest BCUT2D eigenvalue weighted by atomic mass is 16.7. The Hall–Kier alpha value is -5.04. The molecule has 10 heteroatoms. The van der Waals surface area contributed by atoms with Gasteiger partial charge in [0.05, 0.1) is 25.0 Å². The first-order valence-electron chi connectivity index (χ1n) is 12.2. The van der Waals surface area contributed by atoms with Gasteiger partial charge in [0.1, 0.15) is 12.6 Å². The van der Waals surface area contributed by atoms with Crippen LogP contribution in [0.4, 0.5) is 0 Å². The number of amides is 2. The lowest BCUT2D eigenvalue weighted by atomic mass is 10.0. The van der Waals surface area contributed by atoms with Gasteiger partial charge in [-0.05, 0) is 53.9 Å². The van der Waals surface area contributed by atoms with Crippen molar-refractivity contribution in [1.82, 2.24) is 10.7 Å². The summed E-state index contributed by atoms with van der Waals surface area (Å²) in [6, 6.07) is 18.6. The Kier molecular flexibility index (Phi) is 8.64. The van der Waals surface area contributed by atoms with Crippen molar-refractivity contribution >= 4 is 18.0 Å². The van der Waals surface area contributed by atoms with Gasteiger partial charge in [-0.15, -0.1) is 0 Å². The molecule has 0 aromatic heterocycles. The van der Waals surface area contributed by atoms with Crippen molar-refractivity contribution in [2.75, 3.05) is 13.9 Å². The number of benzene rings is 3. The van der Waals surface area contributed by atoms with E-state index >= 15 is 0 Å². The summed E-state index contributed by atoms with van der Waals surface area (Å²) in [4.78, 5) is 25.6. The van der Waals surface area contributed by atoms with Crippen LogP contribution in [0, 0.1) is 17.2 Å². The second-order valence-electron chi connectivity index (χ2n) is 8.97. The van der Waals surface area contributed by atoms with E-state index < -0.39 is 17.9 Å². The average Bonchev–Trinajstić information content (AvgIpc) is 3.43. The molecule has 0 saturated heterocycles. The van der Waals surface area contributed by atoms with Crippen LogP contribution in [-0.2, 0) is 11.4 Å². The molecule has 0 radical (unpaired) electrons. The molecular weight excluding hydrogens is 500 g/mol. The van der Waals surface area contributed by atoms with Gasteiger partial charge in [0.15, 0.2) is 23.0 Å². The molecule has 2 amide bonds. The Morgan fingerprint density at radius 1 is 1.08 bits per heavy atom. The number of nitrogens with one attached hydrogen (secondary N) is 2. The van der Waals surface area contributed by atoms with Crippen LogP contribution in [0.25, 0.3) is 0 Å². The zero-order valence-electron chi connectivity index (χ0n) is 21.8. The summed E-state index contributed by atoms with van der Waals surface area (Å²) in [6.07, 6.45) is 1.46. The molecule has 0 saturated carbocycles. The van der Waals surface area contributed by atoms with E-state index in [-0.39, 0.29) is 19.3 Å². The van der Waals surface area contributed by atoms with Crippen LogP contribution in [0.5, 0.6) is 23.0 Å². The first-order chi connectivity index (χ1) is 18.9. The first kappa shape index (κ1) is 27.0. The summed E-state index contributed by atoms with van der Waals surface area (Å²) in [7, 11) is 1.52. The lowest BCUT2D eigenvalue weighted by Crippen LogP contribution is -2.48. The zero-order chi connectivity index (χ0) is 27.8. The fraction of sp³-hybridized carbons (Fsp3) is 0.241. The molecule has 200 valence electrons. The molecule has 3 aromatic carbocycles. The van der Waals surface area contributed by atoms with Gasteiger partial charge in [0.2, 0.25) is 6.79 Å². The van der Waals surface area contributed by atoms with Crippen LogP contribution in [0.3, 0.4) is 0 Å². The molecule has 0 aliphatic carbocycles. The van der Waals surface area contributed by atoms with Crippen LogP contribution >= 0.6 is 0 Å². The number of nitriles is 1. The first-order valence-corrected chi connectivity index (χ1v) is 12.2. The van der Waals surface area contributed by atoms with Gasteiger partial charge < -0.3 is 24.3 Å². The number of methoxy groups -OCH3 is 1. The minimum atomic E-state index is -0.818. The van der Waals surface area contributed by atoms with Crippen molar-refractivity contribution in [1.29, 1.82) is 5.26 Å². The van der Waals surface area contributed by atoms with Crippen LogP contribution in [-0.4, -0.2) is 38.0 Å². The maximum atomic E-state index is 12.8. The van der Waals surface area contributed by atoms with Gasteiger partial charge >= 0.3 is 0 Å². The molecule has 0 bridgehead atoms. The van der Waals surface area contributed by atoms with E-state index in [1.165, 1.54) is 13.3 Å². The summed E-state index contributed by atoms with van der Waals surface area (Å²) in [5, 5.41) is 16.1. The molecule has 1 atom stereocenters. The van der Waals surface area contributed by atoms with E-state index in [0.717, 1.165) is 5.56 Å². The predicted octanol–water partition coefficient (Wildman–Crippen LogP) is 3.78. The van der Waals surface area contributed by atoms with Crippen molar-refractivity contribution in [3.8, 4) is 29.1 Å². The van der Waals surface area contributed by atoms with Crippen LogP contribution in [0.1, 0.15) is 40.9 Å². The Morgan fingerprint density at radius 2 is 1.87 bits per heavy atom. The quantitative estimate of drug-likeness (QED) is 0.302. The van der Waals surface area contributed by atoms with Crippen molar-refractivity contribution in [3.63, 3.8) is 0 Å². The molecule has 1 aliphatic heterocycles. The van der Waals surface area contributed by atoms with E-state index in [9.17, 15) is 14.9 Å². The minimum Gasteiger partial charge on any atom is -0.493 e. The van der Waals surface area contributed by atoms with Gasteiger partial charge in [-0.2, -0.15) is 10.4 Å². The van der Waals surface area contributed by atoms with Crippen molar-refractivity contribution in [2.24, 2.45) is 11.0 Å². The lowest BCUT2D eigenvalue weighted by molar-refractivity contribution is -0.123. The average molecular weight is 529 g/mol. The number of rotatable bonds is 10. The predicted molar refractivity (Wildman–Crippen MR) is 143 cm³/mol. The maximum Gasteiger partial charge on any atom is 0.262 e. The molecule has 3 aromatic rings. The summed E-state index contributed by atoms with van der Waals surface area (Å²) in [5.41, 5.74) is 4.81. The van der Waals surface area contributed by atoms with Gasteiger partial charge in [-0.3, -0.25) is 9.59 Å². The molecule has 0 fully saturated rings. The van der Waals surface area contributed by atoms with Gasteiger partial charge in [0.25, 0.3) is 11.8 Å². The van der Waals surface area contributed by atoms with Crippen molar-refractivity contribution in [2.45, 2.75) is 26.5 Å². The Balaban J connectivity index is 1.36. The van der Waals surface area contributed by atoms with E-state index in [0.29, 0.717) is 39.7 Å². The number of carbonyl (C=O) groups excluding carboxylic acids is 2. The number of fused-ring (bicyclic) bond motifs is 1. The standard InChI is InChI=1S/C29H28N4O6/c1-18(2)27(32-28(34)20-9-11-24-26(13-20)39-17-38-24)29(35)33-31-15-19-8-10-23(25(12-19)36-3)37-16-22-7-5-4-6-21(22)14-30/h4-13,15,18,27H,16-17H2,1-3H3,(H,32,34)(H,33,35). The van der Waals surface area contributed by atoms with Crippen molar-refractivity contribution < 1.29 is 28.5 Å². The highest BCUT2D eigenvalue weighted by Crippen LogP contribution is 2.32. The monoisotopic (exact) mass is 528 g/mol. The molecule has 2 N–H and O–H groups in total. The molecule has 1 aliphatic rings. The number of hydrogen-bond donors (Lipinski definition) is 2. The maximum absolute atomic E-state index is 12.8. The Labute approximate surface area is 226 Å². The molecule has 39 heavy (non-hydrogen) atoms. The number of ether oxygens (including phenoxy) is 4. The van der Waals surface area contributed by atoms with E-state index in [1.54, 1.807) is 48.5 Å². The number of nitrogens with zero attached hydrogens (tertiary/aromatic N) is 2. The van der Waals surface area contributed by atoms with E-state index in [4.69, 9.17) is 18.9 Å². The van der Waals surface area contributed by atoms with Gasteiger partial charge in [-0.25, -0.2) is 5.43 Å². The number of carbonyl (C=O) groups is 2. The number of hydrazone groups is 1. The SMILES string of the molecule is COc1cc(C=NNC(=O)C(NC(=O)c2ccc3c(c2)OCO3)C(C)C)ccc1OCc1ccccc1C#N. The van der Waals surface area contributed by atoms with E-state index in [1.807, 2.05) is 26.0 Å². The number of hydrogen-bond acceptors (Lipinski definition) is 8. The summed E-state index contributed by atoms with van der Waals surface area (Å²) in [5.74, 6) is 0.952. The summed E-state index contributed by atoms with van der Waals surface area (Å²) in [6.45, 7) is 3.96. The second-order valence-corrected chi connectivity index (χ2v) is 8.97. The molecule has 1 unspecified atom stereocenters. The highest BCUT2D eigenvalue weighted by Gasteiger charge is 2.25. The van der Waals surface area contributed by atoms with Gasteiger partial charge in [0, 0.05) is 11.1 Å². The van der Waals surface area contributed by atoms with E-state index in [2.05, 4.69) is 21.9 Å². The summed E-state index contributed by atoms with van der Waals surface area (Å²) >= 11 is 0. The normalized spacial score (nSPS) is 12.6. The molecule has 0 spiro atoms. The molecule has 4 rings (SSSR count). The summed E-state index contributed by atoms with van der Waals surface area (Å²) < 4.78 is 21.9.